The third-order valence-corrected chi connectivity index (χ3v) is 2.97. The summed E-state index contributed by atoms with van der Waals surface area (Å²) in [5.74, 6) is -0.995. The number of nitro groups is 1. The first-order valence-corrected chi connectivity index (χ1v) is 5.90. The molecular formula is C13H12FN3O3. The molecule has 2 rings (SSSR count). The molecule has 0 saturated heterocycles. The molecule has 0 bridgehead atoms. The van der Waals surface area contributed by atoms with E-state index < -0.39 is 16.8 Å². The Balaban J connectivity index is 2.29. The molecule has 0 N–H and O–H groups in total. The van der Waals surface area contributed by atoms with Crippen molar-refractivity contribution in [3.05, 3.63) is 57.5 Å². The number of carbonyl (C=O) groups excluding carboxylic acids is 1. The van der Waals surface area contributed by atoms with Crippen LogP contribution in [0.3, 0.4) is 0 Å². The minimum absolute atomic E-state index is 0.274. The molecule has 0 aliphatic rings. The fourth-order valence-electron chi connectivity index (χ4n) is 1.83. The smallest absolute Gasteiger partial charge is 0.358 e. The first-order chi connectivity index (χ1) is 9.40. The summed E-state index contributed by atoms with van der Waals surface area (Å²) in [7, 11) is 0. The molecule has 1 aromatic carbocycles. The monoisotopic (exact) mass is 277 g/mol. The third-order valence-electron chi connectivity index (χ3n) is 2.97. The molecule has 1 unspecified atom stereocenters. The molecule has 6 nitrogen and oxygen atoms in total. The molecule has 2 aromatic rings. The van der Waals surface area contributed by atoms with E-state index in [2.05, 4.69) is 5.10 Å². The van der Waals surface area contributed by atoms with E-state index in [4.69, 9.17) is 0 Å². The highest BCUT2D eigenvalue weighted by Crippen LogP contribution is 2.20. The third kappa shape index (κ3) is 2.56. The fraction of sp³-hybridized carbons (Fsp3) is 0.231. The molecule has 1 heterocycles. The number of Topliss-reactive ketones (excluding diaryl/α,β-unsaturated/α-hetero) is 1. The fourth-order valence-corrected chi connectivity index (χ4v) is 1.83. The van der Waals surface area contributed by atoms with Gasteiger partial charge in [0.05, 0.1) is 16.9 Å². The van der Waals surface area contributed by atoms with Gasteiger partial charge in [0.25, 0.3) is 0 Å². The van der Waals surface area contributed by atoms with Crippen molar-refractivity contribution in [3.63, 3.8) is 0 Å². The van der Waals surface area contributed by atoms with Gasteiger partial charge in [0.15, 0.2) is 5.78 Å². The number of carbonyl (C=O) groups is 1. The molecule has 0 fully saturated rings. The second kappa shape index (κ2) is 5.20. The number of halogens is 1. The summed E-state index contributed by atoms with van der Waals surface area (Å²) in [4.78, 5) is 22.3. The quantitative estimate of drug-likeness (QED) is 0.489. The average molecular weight is 277 g/mol. The Morgan fingerprint density at radius 2 is 2.00 bits per heavy atom. The summed E-state index contributed by atoms with van der Waals surface area (Å²) < 4.78 is 14.1. The maximum atomic E-state index is 12.8. The van der Waals surface area contributed by atoms with E-state index in [1.807, 2.05) is 0 Å². The van der Waals surface area contributed by atoms with Gasteiger partial charge in [-0.3, -0.25) is 4.79 Å². The average Bonchev–Trinajstić information content (AvgIpc) is 2.80. The Bertz CT molecular complexity index is 664. The van der Waals surface area contributed by atoms with Gasteiger partial charge >= 0.3 is 5.82 Å². The van der Waals surface area contributed by atoms with Crippen LogP contribution in [0.15, 0.2) is 30.5 Å². The molecule has 1 aromatic heterocycles. The Hall–Kier alpha value is -2.57. The molecule has 0 aliphatic heterocycles. The minimum Gasteiger partial charge on any atom is -0.358 e. The second-order valence-electron chi connectivity index (χ2n) is 4.42. The molecule has 0 saturated carbocycles. The van der Waals surface area contributed by atoms with Gasteiger partial charge in [0.2, 0.25) is 0 Å². The van der Waals surface area contributed by atoms with Crippen LogP contribution in [0, 0.1) is 22.9 Å². The predicted octanol–water partition coefficient (Wildman–Crippen LogP) is 2.68. The Morgan fingerprint density at radius 1 is 1.40 bits per heavy atom. The molecule has 104 valence electrons. The highest BCUT2D eigenvalue weighted by molar-refractivity contribution is 5.98. The van der Waals surface area contributed by atoms with Crippen LogP contribution in [0.5, 0.6) is 0 Å². The van der Waals surface area contributed by atoms with E-state index in [9.17, 15) is 19.3 Å². The Labute approximate surface area is 114 Å². The lowest BCUT2D eigenvalue weighted by atomic mass is 10.1. The predicted molar refractivity (Wildman–Crippen MR) is 69.1 cm³/mol. The van der Waals surface area contributed by atoms with Crippen LogP contribution < -0.4 is 0 Å². The van der Waals surface area contributed by atoms with E-state index >= 15 is 0 Å². The molecule has 0 spiro atoms. The van der Waals surface area contributed by atoms with Crippen molar-refractivity contribution < 1.29 is 14.1 Å². The molecule has 0 radical (unpaired) electrons. The van der Waals surface area contributed by atoms with Gasteiger partial charge in [0, 0.05) is 5.56 Å². The van der Waals surface area contributed by atoms with Crippen molar-refractivity contribution in [2.24, 2.45) is 0 Å². The van der Waals surface area contributed by atoms with Crippen LogP contribution in [0.25, 0.3) is 0 Å². The van der Waals surface area contributed by atoms with E-state index in [1.165, 1.54) is 35.1 Å². The van der Waals surface area contributed by atoms with Crippen LogP contribution in [-0.2, 0) is 0 Å². The van der Waals surface area contributed by atoms with Crippen molar-refractivity contribution in [2.45, 2.75) is 19.9 Å². The minimum atomic E-state index is -0.701. The van der Waals surface area contributed by atoms with E-state index in [0.29, 0.717) is 11.1 Å². The van der Waals surface area contributed by atoms with Gasteiger partial charge in [-0.1, -0.05) is 0 Å². The van der Waals surface area contributed by atoms with Crippen molar-refractivity contribution in [1.82, 2.24) is 9.78 Å². The number of aromatic nitrogens is 2. The number of rotatable bonds is 4. The zero-order valence-electron chi connectivity index (χ0n) is 10.9. The van der Waals surface area contributed by atoms with Crippen molar-refractivity contribution in [1.29, 1.82) is 0 Å². The summed E-state index contributed by atoms with van der Waals surface area (Å²) in [6, 6.07) is 4.43. The number of ketones is 1. The van der Waals surface area contributed by atoms with E-state index in [1.54, 1.807) is 13.8 Å². The topological polar surface area (TPSA) is 78.0 Å². The van der Waals surface area contributed by atoms with Crippen LogP contribution in [0.4, 0.5) is 10.2 Å². The standard InChI is InChI=1S/C13H12FN3O3/c1-8-7-16(15-13(8)17(19)20)9(2)12(18)10-3-5-11(14)6-4-10/h3-7,9H,1-2H3. The SMILES string of the molecule is Cc1cn(C(C)C(=O)c2ccc(F)cc2)nc1[N+](=O)[O-]. The molecule has 20 heavy (non-hydrogen) atoms. The largest absolute Gasteiger partial charge is 0.392 e. The van der Waals surface area contributed by atoms with Gasteiger partial charge in [-0.2, -0.15) is 4.68 Å². The first-order valence-electron chi connectivity index (χ1n) is 5.90. The van der Waals surface area contributed by atoms with Crippen molar-refractivity contribution >= 4 is 11.6 Å². The zero-order valence-corrected chi connectivity index (χ0v) is 10.9. The summed E-state index contributed by atoms with van der Waals surface area (Å²) >= 11 is 0. The maximum absolute atomic E-state index is 12.8. The maximum Gasteiger partial charge on any atom is 0.392 e. The van der Waals surface area contributed by atoms with Gasteiger partial charge in [-0.05, 0) is 43.0 Å². The zero-order chi connectivity index (χ0) is 14.9. The van der Waals surface area contributed by atoms with E-state index in [0.717, 1.165) is 0 Å². The molecule has 7 heteroatoms. The highest BCUT2D eigenvalue weighted by atomic mass is 19.1. The number of nitrogens with zero attached hydrogens (tertiary/aromatic N) is 3. The van der Waals surface area contributed by atoms with Gasteiger partial charge in [0.1, 0.15) is 11.9 Å². The van der Waals surface area contributed by atoms with E-state index in [-0.39, 0.29) is 11.6 Å². The van der Waals surface area contributed by atoms with Crippen LogP contribution in [0.2, 0.25) is 0 Å². The molecule has 0 aliphatic carbocycles. The van der Waals surface area contributed by atoms with Crippen LogP contribution in [-0.4, -0.2) is 20.5 Å². The second-order valence-corrected chi connectivity index (χ2v) is 4.42. The number of hydrogen-bond acceptors (Lipinski definition) is 4. The summed E-state index contributed by atoms with van der Waals surface area (Å²) in [6.07, 6.45) is 1.45. The Morgan fingerprint density at radius 3 is 2.50 bits per heavy atom. The van der Waals surface area contributed by atoms with Crippen molar-refractivity contribution in [2.75, 3.05) is 0 Å². The number of benzene rings is 1. The van der Waals surface area contributed by atoms with Crippen molar-refractivity contribution in [3.8, 4) is 0 Å². The first kappa shape index (κ1) is 13.9. The molecule has 0 amide bonds. The van der Waals surface area contributed by atoms with Crippen LogP contribution in [0.1, 0.15) is 28.9 Å². The summed E-state index contributed by atoms with van der Waals surface area (Å²) in [5, 5.41) is 14.5. The summed E-state index contributed by atoms with van der Waals surface area (Å²) in [6.45, 7) is 3.14. The highest BCUT2D eigenvalue weighted by Gasteiger charge is 2.25. The lowest BCUT2D eigenvalue weighted by Gasteiger charge is -2.07. The summed E-state index contributed by atoms with van der Waals surface area (Å²) in [5.41, 5.74) is 0.712. The lowest BCUT2D eigenvalue weighted by molar-refractivity contribution is -0.390. The number of aryl methyl sites for hydroxylation is 1. The normalized spacial score (nSPS) is 12.2. The lowest BCUT2D eigenvalue weighted by Crippen LogP contribution is -2.17. The Kier molecular flexibility index (Phi) is 3.60. The molecular weight excluding hydrogens is 265 g/mol. The number of hydrogen-bond donors (Lipinski definition) is 0. The van der Waals surface area contributed by atoms with Crippen LogP contribution >= 0.6 is 0 Å². The van der Waals surface area contributed by atoms with Gasteiger partial charge in [-0.15, -0.1) is 0 Å². The van der Waals surface area contributed by atoms with Gasteiger partial charge in [-0.25, -0.2) is 4.39 Å². The molecule has 1 atom stereocenters. The van der Waals surface area contributed by atoms with Gasteiger partial charge < -0.3 is 10.1 Å².